The number of hydrazone groups is 1. The number of halogens is 1. The highest BCUT2D eigenvalue weighted by Crippen LogP contribution is 2.37. The summed E-state index contributed by atoms with van der Waals surface area (Å²) in [7, 11) is 2.02. The first-order chi connectivity index (χ1) is 7.60. The van der Waals surface area contributed by atoms with Gasteiger partial charge in [0.15, 0.2) is 0 Å². The maximum atomic E-state index is 4.13. The minimum absolute atomic E-state index is 0.282. The van der Waals surface area contributed by atoms with E-state index in [0.29, 0.717) is 0 Å². The van der Waals surface area contributed by atoms with E-state index in [0.717, 1.165) is 4.47 Å². The van der Waals surface area contributed by atoms with E-state index in [2.05, 4.69) is 62.7 Å². The van der Waals surface area contributed by atoms with Gasteiger partial charge in [0, 0.05) is 17.1 Å². The van der Waals surface area contributed by atoms with Crippen LogP contribution in [0.5, 0.6) is 0 Å². The predicted molar refractivity (Wildman–Crippen MR) is 73.5 cm³/mol. The Morgan fingerprint density at radius 3 is 2.75 bits per heavy atom. The van der Waals surface area contributed by atoms with Crippen LogP contribution in [0.2, 0.25) is 0 Å². The normalized spacial score (nSPS) is 23.6. The highest BCUT2D eigenvalue weighted by atomic mass is 79.9. The molecular weight excluding hydrogens is 286 g/mol. The molecule has 0 radical (unpaired) electrons. The van der Waals surface area contributed by atoms with Crippen molar-refractivity contribution in [1.29, 1.82) is 0 Å². The van der Waals surface area contributed by atoms with Gasteiger partial charge >= 0.3 is 0 Å². The summed E-state index contributed by atoms with van der Waals surface area (Å²) in [6.45, 7) is 2.09. The van der Waals surface area contributed by atoms with Gasteiger partial charge in [-0.15, -0.1) is 11.8 Å². The molecule has 0 bridgehead atoms. The summed E-state index contributed by atoms with van der Waals surface area (Å²) in [5.74, 6) is 0. The van der Waals surface area contributed by atoms with E-state index in [1.54, 1.807) is 11.8 Å². The molecule has 0 fully saturated rings. The molecule has 1 heterocycles. The lowest BCUT2D eigenvalue weighted by Crippen LogP contribution is -2.44. The molecule has 0 aromatic heterocycles. The van der Waals surface area contributed by atoms with Crippen LogP contribution >= 0.6 is 27.7 Å². The fraction of sp³-hybridized carbons (Fsp3) is 0.364. The van der Waals surface area contributed by atoms with E-state index in [1.165, 1.54) is 11.1 Å². The lowest BCUT2D eigenvalue weighted by molar-refractivity contribution is 0.317. The van der Waals surface area contributed by atoms with Crippen LogP contribution in [0.15, 0.2) is 27.8 Å². The smallest absolute Gasteiger partial charge is 0.201 e. The van der Waals surface area contributed by atoms with Crippen LogP contribution in [0.25, 0.3) is 0 Å². The number of rotatable bonds is 2. The average molecular weight is 300 g/mol. The van der Waals surface area contributed by atoms with E-state index < -0.39 is 0 Å². The summed E-state index contributed by atoms with van der Waals surface area (Å²) < 4.78 is 1.13. The lowest BCUT2D eigenvalue weighted by Gasteiger charge is -2.34. The largest absolute Gasteiger partial charge is 0.328 e. The second kappa shape index (κ2) is 4.30. The van der Waals surface area contributed by atoms with Gasteiger partial charge in [0.25, 0.3) is 0 Å². The summed E-state index contributed by atoms with van der Waals surface area (Å²) in [6, 6.07) is 6.39. The van der Waals surface area contributed by atoms with Gasteiger partial charge < -0.3 is 4.90 Å². The minimum Gasteiger partial charge on any atom is -0.328 e. The molecular formula is C11H14BrN3S. The summed E-state index contributed by atoms with van der Waals surface area (Å²) in [6.07, 6.45) is 3.89. The molecule has 0 saturated heterocycles. The molecule has 1 aromatic rings. The summed E-state index contributed by atoms with van der Waals surface area (Å²) in [5.41, 5.74) is 5.60. The fourth-order valence-electron chi connectivity index (χ4n) is 1.74. The first-order valence-corrected chi connectivity index (χ1v) is 6.97. The quantitative estimate of drug-likeness (QED) is 0.910. The molecule has 86 valence electrons. The Labute approximate surface area is 108 Å². The average Bonchev–Trinajstić information content (AvgIpc) is 2.65. The van der Waals surface area contributed by atoms with Gasteiger partial charge in [0.2, 0.25) is 4.99 Å². The van der Waals surface area contributed by atoms with Gasteiger partial charge in [-0.1, -0.05) is 28.1 Å². The molecule has 1 aromatic carbocycles. The Kier molecular flexibility index (Phi) is 3.17. The molecule has 16 heavy (non-hydrogen) atoms. The van der Waals surface area contributed by atoms with Crippen LogP contribution in [0.3, 0.4) is 0 Å². The fourth-order valence-corrected chi connectivity index (χ4v) is 2.96. The van der Waals surface area contributed by atoms with Crippen molar-refractivity contribution in [3.63, 3.8) is 0 Å². The monoisotopic (exact) mass is 299 g/mol. The van der Waals surface area contributed by atoms with Crippen LogP contribution < -0.4 is 5.43 Å². The minimum atomic E-state index is -0.282. The zero-order valence-corrected chi connectivity index (χ0v) is 11.9. The zero-order chi connectivity index (χ0) is 11.8. The SMILES string of the molecule is CSC1(c2ccc(C)c(Br)c2)NN=CN1C. The third-order valence-corrected chi connectivity index (χ3v) is 4.86. The van der Waals surface area contributed by atoms with Gasteiger partial charge in [-0.05, 0) is 24.8 Å². The van der Waals surface area contributed by atoms with Crippen molar-refractivity contribution in [2.75, 3.05) is 13.3 Å². The van der Waals surface area contributed by atoms with Crippen molar-refractivity contribution in [3.8, 4) is 0 Å². The van der Waals surface area contributed by atoms with Crippen molar-refractivity contribution in [1.82, 2.24) is 10.3 Å². The molecule has 1 atom stereocenters. The summed E-state index contributed by atoms with van der Waals surface area (Å²) in [5, 5.41) is 4.13. The number of thioether (sulfide) groups is 1. The molecule has 1 aliphatic rings. The van der Waals surface area contributed by atoms with Crippen LogP contribution in [-0.2, 0) is 4.99 Å². The Balaban J connectivity index is 2.45. The molecule has 0 amide bonds. The standard InChI is InChI=1S/C11H14BrN3S/c1-8-4-5-9(6-10(8)12)11(16-3)14-13-7-15(11)2/h4-7,14H,1-3H3. The van der Waals surface area contributed by atoms with E-state index in [9.17, 15) is 0 Å². The van der Waals surface area contributed by atoms with Crippen LogP contribution in [0, 0.1) is 6.92 Å². The highest BCUT2D eigenvalue weighted by molar-refractivity contribution is 9.10. The van der Waals surface area contributed by atoms with Crippen molar-refractivity contribution in [3.05, 3.63) is 33.8 Å². The topological polar surface area (TPSA) is 27.6 Å². The van der Waals surface area contributed by atoms with Gasteiger partial charge in [0.1, 0.15) is 6.34 Å². The second-order valence-corrected chi connectivity index (χ2v) is 5.63. The number of aryl methyl sites for hydroxylation is 1. The third kappa shape index (κ3) is 1.72. The van der Waals surface area contributed by atoms with E-state index in [4.69, 9.17) is 0 Å². The molecule has 1 aliphatic heterocycles. The number of hydrogen-bond acceptors (Lipinski definition) is 4. The van der Waals surface area contributed by atoms with Gasteiger partial charge in [-0.2, -0.15) is 5.10 Å². The van der Waals surface area contributed by atoms with Gasteiger partial charge in [-0.25, -0.2) is 0 Å². The zero-order valence-electron chi connectivity index (χ0n) is 9.49. The van der Waals surface area contributed by atoms with Gasteiger partial charge in [-0.3, -0.25) is 5.43 Å². The summed E-state index contributed by atoms with van der Waals surface area (Å²) >= 11 is 5.29. The highest BCUT2D eigenvalue weighted by Gasteiger charge is 2.38. The van der Waals surface area contributed by atoms with E-state index >= 15 is 0 Å². The third-order valence-electron chi connectivity index (χ3n) is 2.80. The van der Waals surface area contributed by atoms with Crippen molar-refractivity contribution >= 4 is 34.0 Å². The summed E-state index contributed by atoms with van der Waals surface area (Å²) in [4.78, 5) is 1.80. The Bertz CT molecular complexity index is 435. The molecule has 3 nitrogen and oxygen atoms in total. The maximum absolute atomic E-state index is 4.13. The molecule has 1 N–H and O–H groups in total. The van der Waals surface area contributed by atoms with Crippen LogP contribution in [-0.4, -0.2) is 24.5 Å². The first kappa shape index (κ1) is 11.8. The maximum Gasteiger partial charge on any atom is 0.201 e. The molecule has 5 heteroatoms. The lowest BCUT2D eigenvalue weighted by atomic mass is 10.1. The Morgan fingerprint density at radius 2 is 2.25 bits per heavy atom. The van der Waals surface area contributed by atoms with E-state index in [1.807, 2.05) is 13.4 Å². The van der Waals surface area contributed by atoms with Crippen molar-refractivity contribution in [2.24, 2.45) is 5.10 Å². The first-order valence-electron chi connectivity index (χ1n) is 4.95. The van der Waals surface area contributed by atoms with Crippen molar-refractivity contribution in [2.45, 2.75) is 11.9 Å². The molecule has 0 aliphatic carbocycles. The molecule has 0 saturated carbocycles. The number of benzene rings is 1. The van der Waals surface area contributed by atoms with Crippen molar-refractivity contribution < 1.29 is 0 Å². The molecule has 0 spiro atoms. The number of nitrogens with one attached hydrogen (secondary N) is 1. The van der Waals surface area contributed by atoms with E-state index in [-0.39, 0.29) is 4.99 Å². The Hall–Kier alpha value is -0.680. The molecule has 2 rings (SSSR count). The Morgan fingerprint density at radius 1 is 1.50 bits per heavy atom. The van der Waals surface area contributed by atoms with Gasteiger partial charge in [0.05, 0.1) is 0 Å². The van der Waals surface area contributed by atoms with Crippen LogP contribution in [0.4, 0.5) is 0 Å². The van der Waals surface area contributed by atoms with Crippen LogP contribution in [0.1, 0.15) is 11.1 Å². The predicted octanol–water partition coefficient (Wildman–Crippen LogP) is 2.71. The number of nitrogens with zero attached hydrogens (tertiary/aromatic N) is 2. The molecule has 1 unspecified atom stereocenters. The number of hydrogen-bond donors (Lipinski definition) is 1. The second-order valence-electron chi connectivity index (χ2n) is 3.78.